The SMILES string of the molecule is Cc1[nH]nc2c1CCCc1c-2[nH]c2cc3c(cc12)C(C)(C)CC(=O)N3C. The van der Waals surface area contributed by atoms with Gasteiger partial charge < -0.3 is 9.88 Å². The maximum Gasteiger partial charge on any atom is 0.227 e. The lowest BCUT2D eigenvalue weighted by molar-refractivity contribution is -0.119. The molecule has 0 unspecified atom stereocenters. The van der Waals surface area contributed by atoms with E-state index in [1.165, 1.54) is 22.1 Å². The Morgan fingerprint density at radius 3 is 2.77 bits per heavy atom. The third kappa shape index (κ3) is 1.97. The number of aromatic nitrogens is 3. The minimum absolute atomic E-state index is 0.143. The molecule has 5 nitrogen and oxygen atoms in total. The molecule has 134 valence electrons. The number of hydrogen-bond acceptors (Lipinski definition) is 2. The zero-order valence-electron chi connectivity index (χ0n) is 15.8. The van der Waals surface area contributed by atoms with E-state index in [1.807, 2.05) is 7.05 Å². The van der Waals surface area contributed by atoms with Crippen LogP contribution in [-0.2, 0) is 23.1 Å². The molecule has 1 aromatic carbocycles. The number of carbonyl (C=O) groups excluding carboxylic acids is 1. The number of nitrogens with zero attached hydrogens (tertiary/aromatic N) is 2. The summed E-state index contributed by atoms with van der Waals surface area (Å²) in [5.41, 5.74) is 9.30. The molecule has 0 saturated heterocycles. The molecule has 2 N–H and O–H groups in total. The van der Waals surface area contributed by atoms with Crippen molar-refractivity contribution < 1.29 is 4.79 Å². The first kappa shape index (κ1) is 15.7. The summed E-state index contributed by atoms with van der Waals surface area (Å²) < 4.78 is 0. The zero-order valence-corrected chi connectivity index (χ0v) is 15.8. The van der Waals surface area contributed by atoms with Gasteiger partial charge in [0.25, 0.3) is 0 Å². The lowest BCUT2D eigenvalue weighted by Crippen LogP contribution is -2.39. The van der Waals surface area contributed by atoms with Crippen LogP contribution in [0.4, 0.5) is 5.69 Å². The average molecular weight is 348 g/mol. The first-order valence-corrected chi connectivity index (χ1v) is 9.36. The molecule has 0 spiro atoms. The minimum atomic E-state index is -0.143. The highest BCUT2D eigenvalue weighted by atomic mass is 16.2. The summed E-state index contributed by atoms with van der Waals surface area (Å²) in [6.07, 6.45) is 3.80. The molecule has 2 aromatic heterocycles. The largest absolute Gasteiger partial charge is 0.353 e. The second-order valence-electron chi connectivity index (χ2n) is 8.44. The summed E-state index contributed by atoms with van der Waals surface area (Å²) >= 11 is 0. The molecule has 0 fully saturated rings. The summed E-state index contributed by atoms with van der Waals surface area (Å²) in [7, 11) is 1.88. The van der Waals surface area contributed by atoms with Crippen LogP contribution in [0, 0.1) is 6.92 Å². The van der Waals surface area contributed by atoms with Gasteiger partial charge in [-0.2, -0.15) is 5.10 Å². The number of fused-ring (bicyclic) bond motifs is 6. The smallest absolute Gasteiger partial charge is 0.227 e. The average Bonchev–Trinajstić information content (AvgIpc) is 3.06. The Morgan fingerprint density at radius 1 is 1.19 bits per heavy atom. The molecule has 3 aromatic rings. The van der Waals surface area contributed by atoms with Gasteiger partial charge in [0.2, 0.25) is 5.91 Å². The maximum absolute atomic E-state index is 12.4. The fraction of sp³-hybridized carbons (Fsp3) is 0.429. The van der Waals surface area contributed by atoms with E-state index in [0.29, 0.717) is 6.42 Å². The van der Waals surface area contributed by atoms with Crippen molar-refractivity contribution in [3.63, 3.8) is 0 Å². The van der Waals surface area contributed by atoms with Crippen LogP contribution in [0.25, 0.3) is 22.3 Å². The van der Waals surface area contributed by atoms with Crippen LogP contribution in [0.3, 0.4) is 0 Å². The van der Waals surface area contributed by atoms with E-state index in [4.69, 9.17) is 0 Å². The molecule has 3 heterocycles. The van der Waals surface area contributed by atoms with Crippen molar-refractivity contribution in [2.45, 2.75) is 51.9 Å². The molecule has 26 heavy (non-hydrogen) atoms. The Bertz CT molecular complexity index is 1070. The molecule has 5 heteroatoms. The van der Waals surface area contributed by atoms with Crippen molar-refractivity contribution >= 4 is 22.5 Å². The molecular weight excluding hydrogens is 324 g/mol. The number of hydrogen-bond donors (Lipinski definition) is 2. The van der Waals surface area contributed by atoms with E-state index >= 15 is 0 Å². The summed E-state index contributed by atoms with van der Waals surface area (Å²) in [5.74, 6) is 0.181. The highest BCUT2D eigenvalue weighted by Gasteiger charge is 2.36. The second-order valence-corrected chi connectivity index (χ2v) is 8.44. The van der Waals surface area contributed by atoms with Crippen molar-refractivity contribution in [3.05, 3.63) is 34.5 Å². The summed E-state index contributed by atoms with van der Waals surface area (Å²) in [4.78, 5) is 17.8. The van der Waals surface area contributed by atoms with Crippen molar-refractivity contribution in [2.75, 3.05) is 11.9 Å². The van der Waals surface area contributed by atoms with Crippen molar-refractivity contribution in [2.24, 2.45) is 0 Å². The molecule has 5 rings (SSSR count). The summed E-state index contributed by atoms with van der Waals surface area (Å²) in [5, 5.41) is 9.02. The van der Waals surface area contributed by atoms with Crippen molar-refractivity contribution in [1.82, 2.24) is 15.2 Å². The Labute approximate surface area is 152 Å². The fourth-order valence-corrected chi connectivity index (χ4v) is 4.70. The van der Waals surface area contributed by atoms with E-state index in [0.717, 1.165) is 47.5 Å². The molecule has 0 bridgehead atoms. The van der Waals surface area contributed by atoms with E-state index in [2.05, 4.69) is 48.1 Å². The van der Waals surface area contributed by atoms with Gasteiger partial charge in [-0.25, -0.2) is 0 Å². The van der Waals surface area contributed by atoms with Gasteiger partial charge >= 0.3 is 0 Å². The van der Waals surface area contributed by atoms with Crippen LogP contribution in [0.5, 0.6) is 0 Å². The van der Waals surface area contributed by atoms with E-state index in [1.54, 1.807) is 4.90 Å². The molecule has 0 saturated carbocycles. The Morgan fingerprint density at radius 2 is 1.96 bits per heavy atom. The Balaban J connectivity index is 1.81. The van der Waals surface area contributed by atoms with E-state index in [-0.39, 0.29) is 11.3 Å². The first-order valence-electron chi connectivity index (χ1n) is 9.36. The van der Waals surface area contributed by atoms with Crippen molar-refractivity contribution in [3.8, 4) is 11.4 Å². The van der Waals surface area contributed by atoms with Gasteiger partial charge in [-0.3, -0.25) is 9.89 Å². The van der Waals surface area contributed by atoms with Crippen LogP contribution in [-0.4, -0.2) is 28.1 Å². The summed E-state index contributed by atoms with van der Waals surface area (Å²) in [6, 6.07) is 4.46. The molecule has 1 amide bonds. The van der Waals surface area contributed by atoms with Crippen LogP contribution in [0.15, 0.2) is 12.1 Å². The number of aryl methyl sites for hydroxylation is 2. The van der Waals surface area contributed by atoms with Crippen molar-refractivity contribution in [1.29, 1.82) is 0 Å². The number of rotatable bonds is 0. The Kier molecular flexibility index (Phi) is 3.01. The topological polar surface area (TPSA) is 64.8 Å². The van der Waals surface area contributed by atoms with Gasteiger partial charge in [0.1, 0.15) is 5.69 Å². The highest BCUT2D eigenvalue weighted by Crippen LogP contribution is 2.44. The van der Waals surface area contributed by atoms with E-state index < -0.39 is 0 Å². The number of benzene rings is 1. The number of amides is 1. The van der Waals surface area contributed by atoms with Gasteiger partial charge in [0.15, 0.2) is 0 Å². The van der Waals surface area contributed by atoms with Gasteiger partial charge in [-0.05, 0) is 49.4 Å². The van der Waals surface area contributed by atoms with Crippen LogP contribution in [0.1, 0.15) is 49.1 Å². The molecule has 2 aliphatic rings. The van der Waals surface area contributed by atoms with Gasteiger partial charge in [-0.1, -0.05) is 13.8 Å². The molecular formula is C21H24N4O. The van der Waals surface area contributed by atoms with Gasteiger partial charge in [0, 0.05) is 46.7 Å². The second kappa shape index (κ2) is 5.00. The lowest BCUT2D eigenvalue weighted by atomic mass is 9.77. The third-order valence-electron chi connectivity index (χ3n) is 6.24. The molecule has 1 aliphatic heterocycles. The fourth-order valence-electron chi connectivity index (χ4n) is 4.70. The highest BCUT2D eigenvalue weighted by molar-refractivity contribution is 6.02. The zero-order chi connectivity index (χ0) is 18.2. The van der Waals surface area contributed by atoms with Gasteiger partial charge in [0.05, 0.1) is 5.69 Å². The quantitative estimate of drug-likeness (QED) is 0.645. The molecule has 1 aliphatic carbocycles. The molecule has 0 radical (unpaired) electrons. The number of aromatic amines is 2. The van der Waals surface area contributed by atoms with Crippen LogP contribution >= 0.6 is 0 Å². The monoisotopic (exact) mass is 348 g/mol. The predicted octanol–water partition coefficient (Wildman–Crippen LogP) is 4.00. The van der Waals surface area contributed by atoms with Crippen LogP contribution in [0.2, 0.25) is 0 Å². The first-order chi connectivity index (χ1) is 12.4. The number of nitrogens with one attached hydrogen (secondary N) is 2. The standard InChI is InChI=1S/C21H24N4O/c1-11-12-6-5-7-13-14-8-15-17(25(4)18(26)10-21(15,2)3)9-16(14)22-19(13)20(12)24-23-11/h8-9,22H,5-7,10H2,1-4H3,(H,23,24). The van der Waals surface area contributed by atoms with Crippen LogP contribution < -0.4 is 4.90 Å². The number of anilines is 1. The number of carbonyl (C=O) groups is 1. The maximum atomic E-state index is 12.4. The Hall–Kier alpha value is -2.56. The van der Waals surface area contributed by atoms with E-state index in [9.17, 15) is 4.79 Å². The van der Waals surface area contributed by atoms with Gasteiger partial charge in [-0.15, -0.1) is 0 Å². The summed E-state index contributed by atoms with van der Waals surface area (Å²) in [6.45, 7) is 6.44. The predicted molar refractivity (Wildman–Crippen MR) is 104 cm³/mol. The number of H-pyrrole nitrogens is 2. The molecule has 0 atom stereocenters. The lowest BCUT2D eigenvalue weighted by Gasteiger charge is -2.37. The minimum Gasteiger partial charge on any atom is -0.353 e. The third-order valence-corrected chi connectivity index (χ3v) is 6.24. The normalized spacial score (nSPS) is 18.5.